The number of amides is 2. The standard InChI is InChI=1S/C21H22N2O6S/c1-13(11-19(24)14-3-6-16(29-2)7-4-14)21(26)23-30(27,28)17-8-9-18-15(12-17)5-10-20(25)22-18/h3-4,6-9,12-13H,5,10-11H2,1-2H3,(H,22,25)(H,23,26)/t13-/m1/s1. The molecule has 1 atom stereocenters. The fourth-order valence-electron chi connectivity index (χ4n) is 3.08. The largest absolute Gasteiger partial charge is 0.497 e. The first kappa shape index (κ1) is 21.5. The number of Topliss-reactive ketones (excluding diaryl/α,β-unsaturated/α-hetero) is 1. The number of hydrogen-bond acceptors (Lipinski definition) is 6. The second kappa shape index (κ2) is 8.66. The lowest BCUT2D eigenvalue weighted by atomic mass is 9.99. The molecule has 0 saturated carbocycles. The van der Waals surface area contributed by atoms with E-state index in [4.69, 9.17) is 4.74 Å². The van der Waals surface area contributed by atoms with Gasteiger partial charge in [0.2, 0.25) is 11.8 Å². The molecule has 3 rings (SSSR count). The number of benzene rings is 2. The normalized spacial score (nSPS) is 14.3. The van der Waals surface area contributed by atoms with Gasteiger partial charge in [0.25, 0.3) is 10.0 Å². The lowest BCUT2D eigenvalue weighted by molar-refractivity contribution is -0.122. The molecule has 0 spiro atoms. The number of methoxy groups -OCH3 is 1. The molecule has 2 amide bonds. The maximum atomic E-state index is 12.6. The van der Waals surface area contributed by atoms with Gasteiger partial charge in [-0.3, -0.25) is 14.4 Å². The third-order valence-electron chi connectivity index (χ3n) is 4.87. The van der Waals surface area contributed by atoms with E-state index in [1.807, 2.05) is 4.72 Å². The number of ketones is 1. The van der Waals surface area contributed by atoms with E-state index in [-0.39, 0.29) is 29.4 Å². The highest BCUT2D eigenvalue weighted by Gasteiger charge is 2.25. The monoisotopic (exact) mass is 430 g/mol. The minimum absolute atomic E-state index is 0.0700. The van der Waals surface area contributed by atoms with E-state index in [0.29, 0.717) is 29.0 Å². The number of carbonyl (C=O) groups excluding carboxylic acids is 3. The third-order valence-corrected chi connectivity index (χ3v) is 6.21. The molecule has 158 valence electrons. The molecule has 2 aromatic carbocycles. The summed E-state index contributed by atoms with van der Waals surface area (Å²) >= 11 is 0. The Bertz CT molecular complexity index is 1090. The van der Waals surface area contributed by atoms with Crippen LogP contribution in [0.25, 0.3) is 0 Å². The van der Waals surface area contributed by atoms with Crippen molar-refractivity contribution in [2.45, 2.75) is 31.1 Å². The Kier molecular flexibility index (Phi) is 6.21. The van der Waals surface area contributed by atoms with Gasteiger partial charge in [-0.2, -0.15) is 0 Å². The fraction of sp³-hybridized carbons (Fsp3) is 0.286. The molecular weight excluding hydrogens is 408 g/mol. The quantitative estimate of drug-likeness (QED) is 0.651. The van der Waals surface area contributed by atoms with Crippen LogP contribution >= 0.6 is 0 Å². The number of aryl methyl sites for hydroxylation is 1. The van der Waals surface area contributed by atoms with Gasteiger partial charge in [0.1, 0.15) is 5.75 Å². The Morgan fingerprint density at radius 3 is 2.50 bits per heavy atom. The Balaban J connectivity index is 1.66. The van der Waals surface area contributed by atoms with Crippen molar-refractivity contribution in [3.63, 3.8) is 0 Å². The molecule has 9 heteroatoms. The molecule has 1 aliphatic rings. The van der Waals surface area contributed by atoms with Gasteiger partial charge in [-0.1, -0.05) is 6.92 Å². The number of anilines is 1. The number of ether oxygens (including phenoxy) is 1. The highest BCUT2D eigenvalue weighted by molar-refractivity contribution is 7.90. The fourth-order valence-corrected chi connectivity index (χ4v) is 4.21. The number of sulfonamides is 1. The van der Waals surface area contributed by atoms with Gasteiger partial charge in [0.05, 0.1) is 12.0 Å². The van der Waals surface area contributed by atoms with E-state index in [2.05, 4.69) is 5.32 Å². The van der Waals surface area contributed by atoms with Crippen LogP contribution in [0, 0.1) is 5.92 Å². The van der Waals surface area contributed by atoms with Crippen molar-refractivity contribution in [1.29, 1.82) is 0 Å². The number of rotatable bonds is 7. The van der Waals surface area contributed by atoms with Crippen LogP contribution in [0.1, 0.15) is 35.7 Å². The Morgan fingerprint density at radius 2 is 1.83 bits per heavy atom. The molecule has 0 aliphatic carbocycles. The minimum Gasteiger partial charge on any atom is -0.497 e. The molecule has 0 fully saturated rings. The van der Waals surface area contributed by atoms with Gasteiger partial charge in [-0.15, -0.1) is 0 Å². The van der Waals surface area contributed by atoms with Gasteiger partial charge in [0.15, 0.2) is 5.78 Å². The van der Waals surface area contributed by atoms with Crippen molar-refractivity contribution in [2.75, 3.05) is 12.4 Å². The van der Waals surface area contributed by atoms with E-state index in [1.165, 1.54) is 32.2 Å². The van der Waals surface area contributed by atoms with E-state index in [9.17, 15) is 22.8 Å². The van der Waals surface area contributed by atoms with Gasteiger partial charge in [-0.25, -0.2) is 13.1 Å². The summed E-state index contributed by atoms with van der Waals surface area (Å²) in [5, 5.41) is 2.68. The molecule has 0 bridgehead atoms. The zero-order valence-electron chi connectivity index (χ0n) is 16.6. The van der Waals surface area contributed by atoms with Crippen molar-refractivity contribution in [3.8, 4) is 5.75 Å². The SMILES string of the molecule is COc1ccc(C(=O)C[C@@H](C)C(=O)NS(=O)(=O)c2ccc3c(c2)CCC(=O)N3)cc1. The number of carbonyl (C=O) groups is 3. The van der Waals surface area contributed by atoms with Crippen molar-refractivity contribution >= 4 is 33.3 Å². The first-order chi connectivity index (χ1) is 14.2. The van der Waals surface area contributed by atoms with Crippen LogP contribution < -0.4 is 14.8 Å². The van der Waals surface area contributed by atoms with Crippen LogP contribution in [0.5, 0.6) is 5.75 Å². The van der Waals surface area contributed by atoms with Crippen molar-refractivity contribution in [3.05, 3.63) is 53.6 Å². The van der Waals surface area contributed by atoms with E-state index in [0.717, 1.165) is 0 Å². The highest BCUT2D eigenvalue weighted by atomic mass is 32.2. The molecule has 2 N–H and O–H groups in total. The van der Waals surface area contributed by atoms with E-state index in [1.54, 1.807) is 24.3 Å². The Hall–Kier alpha value is -3.20. The molecule has 0 saturated heterocycles. The molecule has 0 radical (unpaired) electrons. The molecular formula is C21H22N2O6S. The number of nitrogens with one attached hydrogen (secondary N) is 2. The summed E-state index contributed by atoms with van der Waals surface area (Å²) < 4.78 is 32.3. The average molecular weight is 430 g/mol. The van der Waals surface area contributed by atoms with Crippen LogP contribution in [0.15, 0.2) is 47.4 Å². The van der Waals surface area contributed by atoms with Crippen molar-refractivity contribution in [1.82, 2.24) is 4.72 Å². The average Bonchev–Trinajstić information content (AvgIpc) is 2.72. The second-order valence-corrected chi connectivity index (χ2v) is 8.78. The summed E-state index contributed by atoms with van der Waals surface area (Å²) in [5.41, 5.74) is 1.66. The number of fused-ring (bicyclic) bond motifs is 1. The predicted molar refractivity (Wildman–Crippen MR) is 110 cm³/mol. The van der Waals surface area contributed by atoms with Crippen LogP contribution in [-0.4, -0.2) is 33.1 Å². The Labute approximate surface area is 174 Å². The summed E-state index contributed by atoms with van der Waals surface area (Å²) in [7, 11) is -2.58. The maximum absolute atomic E-state index is 12.6. The smallest absolute Gasteiger partial charge is 0.264 e. The summed E-state index contributed by atoms with van der Waals surface area (Å²) in [4.78, 5) is 36.1. The Morgan fingerprint density at radius 1 is 1.13 bits per heavy atom. The van der Waals surface area contributed by atoms with E-state index < -0.39 is 21.8 Å². The van der Waals surface area contributed by atoms with Crippen molar-refractivity contribution in [2.24, 2.45) is 5.92 Å². The molecule has 0 unspecified atom stereocenters. The molecule has 1 aliphatic heterocycles. The van der Waals surface area contributed by atoms with E-state index >= 15 is 0 Å². The predicted octanol–water partition coefficient (Wildman–Crippen LogP) is 2.29. The van der Waals surface area contributed by atoms with Crippen LogP contribution in [0.2, 0.25) is 0 Å². The zero-order valence-corrected chi connectivity index (χ0v) is 17.4. The summed E-state index contributed by atoms with van der Waals surface area (Å²) in [6, 6.07) is 10.7. The molecule has 8 nitrogen and oxygen atoms in total. The van der Waals surface area contributed by atoms with Crippen molar-refractivity contribution < 1.29 is 27.5 Å². The first-order valence-electron chi connectivity index (χ1n) is 9.36. The topological polar surface area (TPSA) is 119 Å². The summed E-state index contributed by atoms with van der Waals surface area (Å²) in [6.07, 6.45) is 0.558. The van der Waals surface area contributed by atoms with Gasteiger partial charge >= 0.3 is 0 Å². The van der Waals surface area contributed by atoms with Crippen LogP contribution in [0.4, 0.5) is 5.69 Å². The first-order valence-corrected chi connectivity index (χ1v) is 10.8. The minimum atomic E-state index is -4.10. The summed E-state index contributed by atoms with van der Waals surface area (Å²) in [5.74, 6) is -1.40. The molecule has 1 heterocycles. The zero-order chi connectivity index (χ0) is 21.9. The molecule has 30 heavy (non-hydrogen) atoms. The van der Waals surface area contributed by atoms with Gasteiger partial charge in [0, 0.05) is 30.0 Å². The molecule has 0 aromatic heterocycles. The number of hydrogen-bond donors (Lipinski definition) is 2. The second-order valence-electron chi connectivity index (χ2n) is 7.09. The van der Waals surface area contributed by atoms with Crippen LogP contribution in [0.3, 0.4) is 0 Å². The van der Waals surface area contributed by atoms with Crippen LogP contribution in [-0.2, 0) is 26.0 Å². The van der Waals surface area contributed by atoms with Gasteiger partial charge in [-0.05, 0) is 54.4 Å². The summed E-state index contributed by atoms with van der Waals surface area (Å²) in [6.45, 7) is 1.49. The highest BCUT2D eigenvalue weighted by Crippen LogP contribution is 2.25. The lowest BCUT2D eigenvalue weighted by Gasteiger charge is -2.18. The lowest BCUT2D eigenvalue weighted by Crippen LogP contribution is -2.35. The molecule has 2 aromatic rings. The third kappa shape index (κ3) is 4.85. The maximum Gasteiger partial charge on any atom is 0.264 e. The van der Waals surface area contributed by atoms with Gasteiger partial charge < -0.3 is 10.1 Å².